The lowest BCUT2D eigenvalue weighted by Crippen LogP contribution is -2.52. The Hall–Kier alpha value is -3.15. The second-order valence-electron chi connectivity index (χ2n) is 9.38. The molecule has 1 saturated carbocycles. The molecule has 2 N–H and O–H groups in total. The molecule has 1 aliphatic heterocycles. The van der Waals surface area contributed by atoms with E-state index in [2.05, 4.69) is 20.3 Å². The van der Waals surface area contributed by atoms with E-state index in [9.17, 15) is 31.1 Å². The number of carbonyl (C=O) groups is 1. The van der Waals surface area contributed by atoms with E-state index in [1.165, 1.54) is 13.2 Å². The van der Waals surface area contributed by atoms with E-state index in [-0.39, 0.29) is 29.0 Å². The second-order valence-corrected chi connectivity index (χ2v) is 9.38. The second kappa shape index (κ2) is 10.3. The van der Waals surface area contributed by atoms with Gasteiger partial charge in [-0.15, -0.1) is 0 Å². The molecule has 2 amide bonds. The number of halogens is 6. The van der Waals surface area contributed by atoms with Crippen LogP contribution in [0.15, 0.2) is 36.4 Å². The third-order valence-electron chi connectivity index (χ3n) is 7.37. The number of hydrogen-bond donors (Lipinski definition) is 2. The van der Waals surface area contributed by atoms with Gasteiger partial charge in [-0.25, -0.2) is 9.18 Å². The number of nitrogens with one attached hydrogen (secondary N) is 2. The smallest absolute Gasteiger partial charge is 0.419 e. The zero-order valence-electron chi connectivity index (χ0n) is 20.2. The Kier molecular flexibility index (Phi) is 7.50. The molecular formula is C25H27F6N3O3. The third kappa shape index (κ3) is 5.43. The number of anilines is 1. The van der Waals surface area contributed by atoms with Gasteiger partial charge in [-0.3, -0.25) is 0 Å². The summed E-state index contributed by atoms with van der Waals surface area (Å²) >= 11 is 0. The Balaban J connectivity index is 1.48. The molecule has 12 heteroatoms. The van der Waals surface area contributed by atoms with Crippen molar-refractivity contribution in [1.82, 2.24) is 10.2 Å². The summed E-state index contributed by atoms with van der Waals surface area (Å²) in [6, 6.07) is 6.50. The van der Waals surface area contributed by atoms with Crippen molar-refractivity contribution in [3.05, 3.63) is 53.3 Å². The molecule has 2 aromatic carbocycles. The number of amides is 2. The van der Waals surface area contributed by atoms with E-state index in [0.717, 1.165) is 30.7 Å². The summed E-state index contributed by atoms with van der Waals surface area (Å²) in [5, 5.41) is 4.94. The van der Waals surface area contributed by atoms with Crippen molar-refractivity contribution in [1.29, 1.82) is 0 Å². The number of alkyl halides is 5. The van der Waals surface area contributed by atoms with Crippen molar-refractivity contribution < 1.29 is 40.6 Å². The molecular weight excluding hydrogens is 504 g/mol. The van der Waals surface area contributed by atoms with Crippen LogP contribution < -0.4 is 20.1 Å². The molecule has 0 bridgehead atoms. The van der Waals surface area contributed by atoms with Gasteiger partial charge < -0.3 is 25.0 Å². The maximum absolute atomic E-state index is 14.3. The molecule has 1 aliphatic carbocycles. The van der Waals surface area contributed by atoms with E-state index in [4.69, 9.17) is 4.74 Å². The molecule has 0 unspecified atom stereocenters. The quantitative estimate of drug-likeness (QED) is 0.465. The molecule has 0 radical (unpaired) electrons. The van der Waals surface area contributed by atoms with Gasteiger partial charge in [0.2, 0.25) is 0 Å². The van der Waals surface area contributed by atoms with Gasteiger partial charge in [0.15, 0.2) is 17.3 Å². The molecule has 1 heterocycles. The molecule has 0 spiro atoms. The minimum absolute atomic E-state index is 0.0107. The zero-order chi connectivity index (χ0) is 27.0. The number of urea groups is 1. The lowest BCUT2D eigenvalue weighted by atomic mass is 9.65. The van der Waals surface area contributed by atoms with Crippen LogP contribution in [0.25, 0.3) is 0 Å². The maximum atomic E-state index is 14.3. The number of likely N-dealkylation sites (N-methyl/N-ethyl adjacent to an activating group) is 1. The van der Waals surface area contributed by atoms with E-state index >= 15 is 0 Å². The highest BCUT2D eigenvalue weighted by Crippen LogP contribution is 2.50. The molecule has 2 fully saturated rings. The Morgan fingerprint density at radius 1 is 1.16 bits per heavy atom. The fraction of sp³-hybridized carbons (Fsp3) is 0.480. The van der Waals surface area contributed by atoms with Gasteiger partial charge in [0.05, 0.1) is 18.4 Å². The first kappa shape index (κ1) is 26.9. The summed E-state index contributed by atoms with van der Waals surface area (Å²) in [7, 11) is 3.33. The third-order valence-corrected chi connectivity index (χ3v) is 7.37. The van der Waals surface area contributed by atoms with Crippen LogP contribution in [-0.4, -0.2) is 50.3 Å². The first-order valence-corrected chi connectivity index (χ1v) is 11.7. The summed E-state index contributed by atoms with van der Waals surface area (Å²) < 4.78 is 88.5. The minimum Gasteiger partial charge on any atom is -0.493 e. The van der Waals surface area contributed by atoms with Crippen molar-refractivity contribution >= 4 is 11.7 Å². The molecule has 3 atom stereocenters. The molecule has 2 aromatic rings. The normalized spacial score (nSPS) is 24.0. The Labute approximate surface area is 209 Å². The van der Waals surface area contributed by atoms with Crippen LogP contribution in [-0.2, 0) is 11.6 Å². The van der Waals surface area contributed by atoms with Crippen LogP contribution >= 0.6 is 0 Å². The van der Waals surface area contributed by atoms with E-state index in [1.54, 1.807) is 12.1 Å². The highest BCUT2D eigenvalue weighted by molar-refractivity contribution is 5.89. The fourth-order valence-electron chi connectivity index (χ4n) is 5.61. The summed E-state index contributed by atoms with van der Waals surface area (Å²) in [6.07, 6.45) is -2.33. The van der Waals surface area contributed by atoms with Gasteiger partial charge in [-0.1, -0.05) is 12.1 Å². The van der Waals surface area contributed by atoms with Crippen molar-refractivity contribution in [3.63, 3.8) is 0 Å². The monoisotopic (exact) mass is 531 g/mol. The highest BCUT2D eigenvalue weighted by Gasteiger charge is 2.50. The molecule has 1 saturated heterocycles. The van der Waals surface area contributed by atoms with Gasteiger partial charge >= 0.3 is 18.8 Å². The summed E-state index contributed by atoms with van der Waals surface area (Å²) in [4.78, 5) is 14.7. The lowest BCUT2D eigenvalue weighted by Gasteiger charge is -2.45. The summed E-state index contributed by atoms with van der Waals surface area (Å²) in [5.74, 6) is -1.41. The van der Waals surface area contributed by atoms with Crippen molar-refractivity contribution in [3.8, 4) is 11.5 Å². The molecule has 202 valence electrons. The van der Waals surface area contributed by atoms with Crippen LogP contribution in [0.5, 0.6) is 11.5 Å². The zero-order valence-corrected chi connectivity index (χ0v) is 20.2. The van der Waals surface area contributed by atoms with Gasteiger partial charge in [0.1, 0.15) is 0 Å². The predicted molar refractivity (Wildman–Crippen MR) is 124 cm³/mol. The van der Waals surface area contributed by atoms with Crippen LogP contribution in [0.3, 0.4) is 0 Å². The maximum Gasteiger partial charge on any atom is 0.419 e. The summed E-state index contributed by atoms with van der Waals surface area (Å²) in [5.41, 5.74) is -1.42. The van der Waals surface area contributed by atoms with Gasteiger partial charge in [0, 0.05) is 17.5 Å². The summed E-state index contributed by atoms with van der Waals surface area (Å²) in [6.45, 7) is -2.21. The largest absolute Gasteiger partial charge is 0.493 e. The van der Waals surface area contributed by atoms with E-state index in [1.807, 2.05) is 7.05 Å². The van der Waals surface area contributed by atoms with Crippen LogP contribution in [0.4, 0.5) is 36.8 Å². The number of nitrogens with zero attached hydrogens (tertiary/aromatic N) is 1. The van der Waals surface area contributed by atoms with Gasteiger partial charge in [0.25, 0.3) is 0 Å². The number of hydrogen-bond acceptors (Lipinski definition) is 4. The SMILES string of the molecule is COc1cc([C@@]23CC[C@@H](NC(=O)Nc4cccc(C(F)(F)F)c4F)C[C@H]2N(C)CC3)ccc1OC(F)F. The molecule has 0 aromatic heterocycles. The van der Waals surface area contributed by atoms with Crippen LogP contribution in [0.2, 0.25) is 0 Å². The van der Waals surface area contributed by atoms with Crippen LogP contribution in [0, 0.1) is 5.82 Å². The topological polar surface area (TPSA) is 62.8 Å². The number of methoxy groups -OCH3 is 1. The van der Waals surface area contributed by atoms with E-state index < -0.39 is 35.9 Å². The first-order chi connectivity index (χ1) is 17.4. The Bertz CT molecular complexity index is 1150. The van der Waals surface area contributed by atoms with Crippen LogP contribution in [0.1, 0.15) is 36.8 Å². The molecule has 37 heavy (non-hydrogen) atoms. The lowest BCUT2D eigenvalue weighted by molar-refractivity contribution is -0.139. The number of fused-ring (bicyclic) bond motifs is 1. The predicted octanol–water partition coefficient (Wildman–Crippen LogP) is 5.77. The number of rotatable bonds is 6. The minimum atomic E-state index is -4.88. The first-order valence-electron chi connectivity index (χ1n) is 11.7. The van der Waals surface area contributed by atoms with Crippen molar-refractivity contribution in [2.75, 3.05) is 26.0 Å². The van der Waals surface area contributed by atoms with Gasteiger partial charge in [-0.2, -0.15) is 22.0 Å². The average molecular weight is 531 g/mol. The molecule has 2 aliphatic rings. The number of benzene rings is 2. The average Bonchev–Trinajstić information content (AvgIpc) is 3.16. The van der Waals surface area contributed by atoms with Crippen molar-refractivity contribution in [2.45, 2.75) is 56.0 Å². The molecule has 4 rings (SSSR count). The van der Waals surface area contributed by atoms with Gasteiger partial charge in [-0.05, 0) is 69.1 Å². The van der Waals surface area contributed by atoms with E-state index in [0.29, 0.717) is 25.3 Å². The molecule has 6 nitrogen and oxygen atoms in total. The van der Waals surface area contributed by atoms with Crippen molar-refractivity contribution in [2.24, 2.45) is 0 Å². The fourth-order valence-corrected chi connectivity index (χ4v) is 5.61. The number of carbonyl (C=O) groups excluding carboxylic acids is 1. The highest BCUT2D eigenvalue weighted by atomic mass is 19.4. The number of likely N-dealkylation sites (tertiary alicyclic amines) is 1. The number of ether oxygens (including phenoxy) is 2. The Morgan fingerprint density at radius 2 is 1.92 bits per heavy atom. The standard InChI is InChI=1S/C25H27F6N3O3/c1-34-11-10-24(14-6-7-18(37-22(27)28)19(12-14)36-2)9-8-15(13-20(24)34)32-23(35)33-17-5-3-4-16(21(17)26)25(29,30)31/h3-7,12,15,20,22H,8-11,13H2,1-2H3,(H2,32,33,35)/t15-,20-,24+/m1/s1. The Morgan fingerprint density at radius 3 is 2.59 bits per heavy atom.